The number of thioether (sulfide) groups is 1. The van der Waals surface area contributed by atoms with Crippen LogP contribution in [0.5, 0.6) is 5.75 Å². The molecule has 0 saturated carbocycles. The molecule has 2 heterocycles. The number of carbonyl (C=O) groups excluding carboxylic acids is 11. The summed E-state index contributed by atoms with van der Waals surface area (Å²) in [6, 6.07) is -2.40. The maximum atomic E-state index is 14.5. The van der Waals surface area contributed by atoms with Gasteiger partial charge in [0.1, 0.15) is 48.0 Å². The summed E-state index contributed by atoms with van der Waals surface area (Å²) in [4.78, 5) is 148. The Bertz CT molecular complexity index is 2020. The number of methoxy groups -OCH3 is 1. The summed E-state index contributed by atoms with van der Waals surface area (Å²) in [5.41, 5.74) is 16.8. The molecule has 24 heteroatoms. The highest BCUT2D eigenvalue weighted by atomic mass is 32.2. The number of nitrogens with zero attached hydrogens (tertiary/aromatic N) is 1. The molecule has 2 aliphatic heterocycles. The second-order valence-corrected chi connectivity index (χ2v) is 18.8. The van der Waals surface area contributed by atoms with E-state index >= 15 is 0 Å². The highest BCUT2D eigenvalue weighted by Gasteiger charge is 2.40. The van der Waals surface area contributed by atoms with Gasteiger partial charge in [0.25, 0.3) is 0 Å². The quantitative estimate of drug-likeness (QED) is 0.0728. The van der Waals surface area contributed by atoms with Crippen molar-refractivity contribution >= 4 is 76.7 Å². The number of ether oxygens (including phenoxy) is 1. The standard InChI is InChI=1S/C45H69N11O12S/c1-6-25(4)38-44(66)51-28(15-16-34(46)57)40(62)52-31(21-35(47)58)41(63)54-32(23-69-18-8-10-37(60)50-30(42(64)55-38)20-26-11-13-27(68-5)14-12-26)45(67)56-17-7-9-33(56)43(65)53-29(19-24(2)3)39(61)49-22-36(48)59/h11-14,24-25,28-33,38H,6-10,15-23H2,1-5H3,(H2,46,57)(H2,47,58)(H2,48,59)(H,49,61)(H,50,60)(H,51,66)(H,52,62)(H,53,65)(H,54,63)(H,55,64)/t25-,28-,29-,30?,31-,32?,33-,38-/m0/s1. The number of likely N-dealkylation sites (tertiary alicyclic amines) is 1. The Labute approximate surface area is 405 Å². The number of primary amides is 3. The largest absolute Gasteiger partial charge is 0.497 e. The molecule has 2 saturated heterocycles. The molecule has 382 valence electrons. The van der Waals surface area contributed by atoms with E-state index in [1.807, 2.05) is 13.8 Å². The molecule has 11 amide bonds. The first-order valence-electron chi connectivity index (χ1n) is 23.1. The minimum Gasteiger partial charge on any atom is -0.497 e. The van der Waals surface area contributed by atoms with Crippen molar-refractivity contribution in [3.05, 3.63) is 29.8 Å². The summed E-state index contributed by atoms with van der Waals surface area (Å²) in [7, 11) is 1.50. The van der Waals surface area contributed by atoms with E-state index in [1.165, 1.54) is 23.8 Å². The lowest BCUT2D eigenvalue weighted by Gasteiger charge is -2.31. The lowest BCUT2D eigenvalue weighted by atomic mass is 9.96. The molecule has 0 bridgehead atoms. The Hall–Kier alpha value is -6.46. The van der Waals surface area contributed by atoms with Crippen molar-refractivity contribution in [2.45, 2.75) is 134 Å². The van der Waals surface area contributed by atoms with Crippen molar-refractivity contribution in [3.63, 3.8) is 0 Å². The maximum Gasteiger partial charge on any atom is 0.246 e. The summed E-state index contributed by atoms with van der Waals surface area (Å²) >= 11 is 1.18. The van der Waals surface area contributed by atoms with Gasteiger partial charge in [0.15, 0.2) is 0 Å². The highest BCUT2D eigenvalue weighted by Crippen LogP contribution is 2.22. The van der Waals surface area contributed by atoms with Crippen molar-refractivity contribution in [1.82, 2.24) is 42.1 Å². The van der Waals surface area contributed by atoms with Crippen LogP contribution in [-0.4, -0.2) is 144 Å². The third-order valence-corrected chi connectivity index (χ3v) is 12.7. The number of rotatable bonds is 18. The van der Waals surface area contributed by atoms with Crippen LogP contribution in [0.25, 0.3) is 0 Å². The van der Waals surface area contributed by atoms with Crippen molar-refractivity contribution in [2.75, 3.05) is 31.7 Å². The topological polar surface area (TPSA) is 363 Å². The number of amides is 11. The summed E-state index contributed by atoms with van der Waals surface area (Å²) in [6.07, 6.45) is -0.176. The molecule has 3 rings (SSSR count). The molecule has 0 aromatic heterocycles. The fourth-order valence-electron chi connectivity index (χ4n) is 7.68. The third kappa shape index (κ3) is 18.9. The Morgan fingerprint density at radius 2 is 1.46 bits per heavy atom. The molecule has 8 atom stereocenters. The molecular weight excluding hydrogens is 919 g/mol. The molecule has 1 aromatic carbocycles. The fraction of sp³-hybridized carbons (Fsp3) is 0.622. The van der Waals surface area contributed by atoms with E-state index in [-0.39, 0.29) is 62.5 Å². The molecule has 69 heavy (non-hydrogen) atoms. The van der Waals surface area contributed by atoms with Crippen LogP contribution in [0.4, 0.5) is 0 Å². The number of hydrogen-bond donors (Lipinski definition) is 10. The van der Waals surface area contributed by atoms with E-state index in [2.05, 4.69) is 37.2 Å². The van der Waals surface area contributed by atoms with Gasteiger partial charge in [0.05, 0.1) is 20.1 Å². The minimum atomic E-state index is -1.71. The Balaban J connectivity index is 2.02. The third-order valence-electron chi connectivity index (χ3n) is 11.6. The molecular formula is C45H69N11O12S. The smallest absolute Gasteiger partial charge is 0.246 e. The number of hydrogen-bond acceptors (Lipinski definition) is 13. The second-order valence-electron chi connectivity index (χ2n) is 17.6. The minimum absolute atomic E-state index is 0.0237. The first-order valence-corrected chi connectivity index (χ1v) is 24.2. The normalized spacial score (nSPS) is 23.2. The lowest BCUT2D eigenvalue weighted by Crippen LogP contribution is -2.61. The van der Waals surface area contributed by atoms with Crippen LogP contribution in [0, 0.1) is 11.8 Å². The zero-order valence-corrected chi connectivity index (χ0v) is 40.7. The van der Waals surface area contributed by atoms with E-state index in [1.54, 1.807) is 38.1 Å². The first kappa shape index (κ1) is 56.9. The molecule has 0 aliphatic carbocycles. The van der Waals surface area contributed by atoms with Gasteiger partial charge in [-0.1, -0.05) is 46.2 Å². The van der Waals surface area contributed by atoms with Gasteiger partial charge in [-0.15, -0.1) is 0 Å². The van der Waals surface area contributed by atoms with Crippen LogP contribution in [0.2, 0.25) is 0 Å². The summed E-state index contributed by atoms with van der Waals surface area (Å²) in [5.74, 6) is -8.59. The van der Waals surface area contributed by atoms with Crippen LogP contribution in [0.1, 0.15) is 91.0 Å². The lowest BCUT2D eigenvalue weighted by molar-refractivity contribution is -0.142. The van der Waals surface area contributed by atoms with Crippen LogP contribution in [-0.2, 0) is 59.2 Å². The summed E-state index contributed by atoms with van der Waals surface area (Å²) in [6.45, 7) is 6.75. The van der Waals surface area contributed by atoms with E-state index in [0.29, 0.717) is 24.2 Å². The zero-order chi connectivity index (χ0) is 51.4. The molecule has 13 N–H and O–H groups in total. The average Bonchev–Trinajstić information content (AvgIpc) is 3.79. The van der Waals surface area contributed by atoms with Gasteiger partial charge < -0.3 is 64.1 Å². The second kappa shape index (κ2) is 28.1. The van der Waals surface area contributed by atoms with E-state index in [4.69, 9.17) is 21.9 Å². The average molecular weight is 988 g/mol. The Kier molecular flexibility index (Phi) is 23.2. The van der Waals surface area contributed by atoms with Crippen molar-refractivity contribution < 1.29 is 57.5 Å². The van der Waals surface area contributed by atoms with Gasteiger partial charge >= 0.3 is 0 Å². The van der Waals surface area contributed by atoms with Crippen LogP contribution in [0.3, 0.4) is 0 Å². The predicted molar refractivity (Wildman–Crippen MR) is 253 cm³/mol. The number of nitrogens with one attached hydrogen (secondary N) is 7. The molecule has 23 nitrogen and oxygen atoms in total. The van der Waals surface area contributed by atoms with Crippen LogP contribution >= 0.6 is 11.8 Å². The van der Waals surface area contributed by atoms with Crippen LogP contribution < -0.4 is 59.2 Å². The summed E-state index contributed by atoms with van der Waals surface area (Å²) in [5, 5.41) is 18.2. The Morgan fingerprint density at radius 3 is 2.07 bits per heavy atom. The van der Waals surface area contributed by atoms with Gasteiger partial charge in [-0.3, -0.25) is 52.7 Å². The molecule has 2 aliphatic rings. The highest BCUT2D eigenvalue weighted by molar-refractivity contribution is 7.99. The summed E-state index contributed by atoms with van der Waals surface area (Å²) < 4.78 is 5.25. The van der Waals surface area contributed by atoms with Crippen molar-refractivity contribution in [3.8, 4) is 5.75 Å². The van der Waals surface area contributed by atoms with Gasteiger partial charge in [-0.05, 0) is 67.4 Å². The molecule has 2 fully saturated rings. The number of benzene rings is 1. The number of nitrogens with two attached hydrogens (primary N) is 3. The van der Waals surface area contributed by atoms with Gasteiger partial charge in [-0.2, -0.15) is 11.8 Å². The van der Waals surface area contributed by atoms with E-state index in [9.17, 15) is 52.7 Å². The SMILES string of the molecule is CC[C@H](C)[C@@H]1NC(=O)C(Cc2ccc(OC)cc2)NC(=O)CCCSCC(C(=O)N2CCC[C@H]2C(=O)N[C@@H](CC(C)C)C(=O)NCC(N)=O)NC(=O)[C@H](CC(N)=O)NC(=O)[C@H](CCC(N)=O)NC1=O. The maximum absolute atomic E-state index is 14.5. The molecule has 1 aromatic rings. The molecule has 0 spiro atoms. The fourth-order valence-corrected chi connectivity index (χ4v) is 8.66. The zero-order valence-electron chi connectivity index (χ0n) is 39.9. The number of carbonyl (C=O) groups is 11. The monoisotopic (exact) mass is 987 g/mol. The van der Waals surface area contributed by atoms with Crippen molar-refractivity contribution in [1.29, 1.82) is 0 Å². The molecule has 0 radical (unpaired) electrons. The van der Waals surface area contributed by atoms with E-state index in [0.717, 1.165) is 0 Å². The Morgan fingerprint density at radius 1 is 0.812 bits per heavy atom. The van der Waals surface area contributed by atoms with E-state index < -0.39 is 133 Å². The van der Waals surface area contributed by atoms with Gasteiger partial charge in [0, 0.05) is 31.6 Å². The van der Waals surface area contributed by atoms with Crippen LogP contribution in [0.15, 0.2) is 24.3 Å². The van der Waals surface area contributed by atoms with Gasteiger partial charge in [0.2, 0.25) is 65.0 Å². The first-order chi connectivity index (χ1) is 32.6. The van der Waals surface area contributed by atoms with Crippen molar-refractivity contribution in [2.24, 2.45) is 29.0 Å². The van der Waals surface area contributed by atoms with Gasteiger partial charge in [-0.25, -0.2) is 0 Å². The molecule has 2 unspecified atom stereocenters. The predicted octanol–water partition coefficient (Wildman–Crippen LogP) is -2.50.